The number of aromatic nitrogens is 2. The molecule has 1 atom stereocenters. The molecule has 3 aromatic rings. The van der Waals surface area contributed by atoms with E-state index >= 15 is 0 Å². The topological polar surface area (TPSA) is 139 Å². The van der Waals surface area contributed by atoms with Crippen LogP contribution in [0.4, 0.5) is 5.69 Å². The molecule has 0 aliphatic carbocycles. The predicted molar refractivity (Wildman–Crippen MR) is 130 cm³/mol. The second kappa shape index (κ2) is 11.1. The number of fused-ring (bicyclic) bond motifs is 1. The molecule has 10 nitrogen and oxygen atoms in total. The highest BCUT2D eigenvalue weighted by Crippen LogP contribution is 2.31. The predicted octanol–water partition coefficient (Wildman–Crippen LogP) is 2.35. The minimum Gasteiger partial charge on any atom is -0.481 e. The summed E-state index contributed by atoms with van der Waals surface area (Å²) < 4.78 is 0. The second-order valence-corrected chi connectivity index (χ2v) is 8.64. The van der Waals surface area contributed by atoms with E-state index in [-0.39, 0.29) is 18.7 Å². The number of hydrogen-bond donors (Lipinski definition) is 4. The van der Waals surface area contributed by atoms with Crippen molar-refractivity contribution in [3.8, 4) is 0 Å². The largest absolute Gasteiger partial charge is 0.481 e. The molecule has 0 saturated carbocycles. The molecular formula is C25H29N5O5. The average molecular weight is 480 g/mol. The van der Waals surface area contributed by atoms with Crippen LogP contribution in [0.1, 0.15) is 30.1 Å². The number of hydrogen-bond acceptors (Lipinski definition) is 6. The first kappa shape index (κ1) is 24.4. The molecule has 0 bridgehead atoms. The molecule has 0 spiro atoms. The van der Waals surface area contributed by atoms with Crippen molar-refractivity contribution < 1.29 is 24.6 Å². The molecule has 1 saturated heterocycles. The molecule has 184 valence electrons. The Hall–Kier alpha value is -3.76. The number of carboxylic acid groups (broad SMARTS) is 2. The molecule has 35 heavy (non-hydrogen) atoms. The lowest BCUT2D eigenvalue weighted by molar-refractivity contribution is -0.144. The number of carbonyl (C=O) groups excluding carboxylic acids is 1. The molecule has 1 amide bonds. The fourth-order valence-electron chi connectivity index (χ4n) is 4.45. The minimum absolute atomic E-state index is 0.113. The van der Waals surface area contributed by atoms with Crippen molar-refractivity contribution in [1.29, 1.82) is 0 Å². The smallest absolute Gasteiger partial charge is 0.325 e. The number of carbonyl (C=O) groups is 3. The summed E-state index contributed by atoms with van der Waals surface area (Å²) in [5, 5.41) is 22.3. The lowest BCUT2D eigenvalue weighted by Crippen LogP contribution is -2.49. The summed E-state index contributed by atoms with van der Waals surface area (Å²) in [5.41, 5.74) is 2.96. The van der Waals surface area contributed by atoms with Gasteiger partial charge in [-0.05, 0) is 24.3 Å². The number of aromatic amines is 1. The van der Waals surface area contributed by atoms with Gasteiger partial charge in [-0.15, -0.1) is 0 Å². The van der Waals surface area contributed by atoms with Gasteiger partial charge < -0.3 is 25.4 Å². The van der Waals surface area contributed by atoms with Crippen molar-refractivity contribution in [2.45, 2.75) is 25.3 Å². The Bertz CT molecular complexity index is 1190. The Balaban J connectivity index is 1.40. The Kier molecular flexibility index (Phi) is 7.74. The van der Waals surface area contributed by atoms with Gasteiger partial charge in [0, 0.05) is 85.8 Å². The average Bonchev–Trinajstić information content (AvgIpc) is 3.25. The summed E-state index contributed by atoms with van der Waals surface area (Å²) in [7, 11) is 0. The van der Waals surface area contributed by atoms with Crippen molar-refractivity contribution in [1.82, 2.24) is 19.8 Å². The van der Waals surface area contributed by atoms with Gasteiger partial charge in [0.2, 0.25) is 5.91 Å². The SMILES string of the molecule is O=C(O)CCC(=O)Nc1ccc2c(C(C(=O)O)N3CCN(CCc4ccccn4)CC3)c[nH]c2c1. The van der Waals surface area contributed by atoms with Crippen molar-refractivity contribution >= 4 is 34.4 Å². The molecule has 1 aliphatic heterocycles. The van der Waals surface area contributed by atoms with Gasteiger partial charge in [-0.2, -0.15) is 0 Å². The molecule has 0 radical (unpaired) electrons. The quantitative estimate of drug-likeness (QED) is 0.348. The molecule has 10 heteroatoms. The molecular weight excluding hydrogens is 450 g/mol. The third-order valence-electron chi connectivity index (χ3n) is 6.27. The molecule has 4 rings (SSSR count). The third kappa shape index (κ3) is 6.23. The molecule has 1 fully saturated rings. The summed E-state index contributed by atoms with van der Waals surface area (Å²) in [5.74, 6) is -2.32. The lowest BCUT2D eigenvalue weighted by atomic mass is 10.0. The van der Waals surface area contributed by atoms with Crippen molar-refractivity contribution in [3.63, 3.8) is 0 Å². The van der Waals surface area contributed by atoms with Crippen LogP contribution < -0.4 is 5.32 Å². The van der Waals surface area contributed by atoms with E-state index in [1.54, 1.807) is 30.6 Å². The molecule has 1 aromatic carbocycles. The maximum atomic E-state index is 12.3. The number of piperazine rings is 1. The first-order chi connectivity index (χ1) is 16.9. The summed E-state index contributed by atoms with van der Waals surface area (Å²) in [4.78, 5) is 46.7. The number of pyridine rings is 1. The Morgan fingerprint density at radius 1 is 1.06 bits per heavy atom. The maximum absolute atomic E-state index is 12.3. The number of benzene rings is 1. The minimum atomic E-state index is -1.03. The van der Waals surface area contributed by atoms with E-state index in [9.17, 15) is 19.5 Å². The Labute approximate surface area is 202 Å². The van der Waals surface area contributed by atoms with E-state index in [2.05, 4.69) is 20.2 Å². The maximum Gasteiger partial charge on any atom is 0.325 e. The summed E-state index contributed by atoms with van der Waals surface area (Å²) in [6, 6.07) is 10.3. The van der Waals surface area contributed by atoms with Gasteiger partial charge in [-0.1, -0.05) is 12.1 Å². The van der Waals surface area contributed by atoms with Crippen LogP contribution in [0.25, 0.3) is 10.9 Å². The first-order valence-electron chi connectivity index (χ1n) is 11.6. The van der Waals surface area contributed by atoms with Gasteiger partial charge in [-0.3, -0.25) is 24.3 Å². The van der Waals surface area contributed by atoms with Crippen LogP contribution in [0.15, 0.2) is 48.8 Å². The summed E-state index contributed by atoms with van der Waals surface area (Å²) in [6.07, 6.45) is 4.02. The number of carboxylic acids is 2. The van der Waals surface area contributed by atoms with E-state index < -0.39 is 18.0 Å². The first-order valence-corrected chi connectivity index (χ1v) is 11.6. The van der Waals surface area contributed by atoms with Crippen LogP contribution in [-0.4, -0.2) is 80.6 Å². The highest BCUT2D eigenvalue weighted by Gasteiger charge is 2.32. The number of aliphatic carboxylic acids is 2. The molecule has 1 unspecified atom stereocenters. The van der Waals surface area contributed by atoms with Gasteiger partial charge in [0.05, 0.1) is 6.42 Å². The third-order valence-corrected chi connectivity index (χ3v) is 6.27. The highest BCUT2D eigenvalue weighted by atomic mass is 16.4. The van der Waals surface area contributed by atoms with Crippen molar-refractivity contribution in [2.75, 3.05) is 38.0 Å². The van der Waals surface area contributed by atoms with E-state index in [0.717, 1.165) is 37.1 Å². The van der Waals surface area contributed by atoms with Gasteiger partial charge in [0.15, 0.2) is 0 Å². The van der Waals surface area contributed by atoms with E-state index in [4.69, 9.17) is 5.11 Å². The van der Waals surface area contributed by atoms with Gasteiger partial charge in [0.25, 0.3) is 0 Å². The zero-order chi connectivity index (χ0) is 24.8. The van der Waals surface area contributed by atoms with Gasteiger partial charge in [0.1, 0.15) is 6.04 Å². The lowest BCUT2D eigenvalue weighted by Gasteiger charge is -2.37. The van der Waals surface area contributed by atoms with Crippen molar-refractivity contribution in [2.24, 2.45) is 0 Å². The molecule has 3 heterocycles. The fraction of sp³-hybridized carbons (Fsp3) is 0.360. The Morgan fingerprint density at radius 3 is 2.54 bits per heavy atom. The van der Waals surface area contributed by atoms with Crippen LogP contribution in [0, 0.1) is 0 Å². The van der Waals surface area contributed by atoms with E-state index in [0.29, 0.717) is 29.9 Å². The van der Waals surface area contributed by atoms with Crippen LogP contribution in [0.2, 0.25) is 0 Å². The van der Waals surface area contributed by atoms with Crippen LogP contribution in [0.5, 0.6) is 0 Å². The standard InChI is InChI=1S/C25H29N5O5/c31-22(6-7-23(32)33)28-18-4-5-19-20(16-27-21(19)15-18)24(25(34)35)30-13-11-29(12-14-30)10-8-17-3-1-2-9-26-17/h1-5,9,15-16,24,27H,6-8,10-14H2,(H,28,31)(H,32,33)(H,34,35). The normalized spacial score (nSPS) is 15.7. The number of rotatable bonds is 10. The van der Waals surface area contributed by atoms with Crippen LogP contribution in [-0.2, 0) is 20.8 Å². The zero-order valence-corrected chi connectivity index (χ0v) is 19.3. The molecule has 4 N–H and O–H groups in total. The van der Waals surface area contributed by atoms with Crippen LogP contribution in [0.3, 0.4) is 0 Å². The van der Waals surface area contributed by atoms with Crippen molar-refractivity contribution in [3.05, 3.63) is 60.0 Å². The molecule has 1 aliphatic rings. The van der Waals surface area contributed by atoms with Gasteiger partial charge in [-0.25, -0.2) is 0 Å². The Morgan fingerprint density at radius 2 is 1.86 bits per heavy atom. The van der Waals surface area contributed by atoms with Crippen LogP contribution >= 0.6 is 0 Å². The fourth-order valence-corrected chi connectivity index (χ4v) is 4.45. The summed E-state index contributed by atoms with van der Waals surface area (Å²) >= 11 is 0. The number of amides is 1. The van der Waals surface area contributed by atoms with E-state index in [1.165, 1.54) is 0 Å². The number of anilines is 1. The summed E-state index contributed by atoms with van der Waals surface area (Å²) in [6.45, 7) is 3.74. The second-order valence-electron chi connectivity index (χ2n) is 8.64. The molecule has 2 aromatic heterocycles. The number of nitrogens with zero attached hydrogens (tertiary/aromatic N) is 3. The van der Waals surface area contributed by atoms with E-state index in [1.807, 2.05) is 23.1 Å². The monoisotopic (exact) mass is 479 g/mol. The number of nitrogens with one attached hydrogen (secondary N) is 2. The zero-order valence-electron chi connectivity index (χ0n) is 19.3. The van der Waals surface area contributed by atoms with Gasteiger partial charge >= 0.3 is 11.9 Å². The highest BCUT2D eigenvalue weighted by molar-refractivity contribution is 5.96. The number of H-pyrrole nitrogens is 1.